The molecule has 0 saturated carbocycles. The van der Waals surface area contributed by atoms with Crippen molar-refractivity contribution in [2.24, 2.45) is 0 Å². The van der Waals surface area contributed by atoms with Gasteiger partial charge in [0.05, 0.1) is 32.0 Å². The van der Waals surface area contributed by atoms with Gasteiger partial charge in [-0.3, -0.25) is 4.79 Å². The number of hydrogen-bond acceptors (Lipinski definition) is 13. The summed E-state index contributed by atoms with van der Waals surface area (Å²) in [5.74, 6) is -0.199. The number of unbranched alkanes of at least 4 members (excludes halogenated alkanes) is 47. The Morgan fingerprint density at radius 2 is 0.687 bits per heavy atom. The fraction of sp³-hybridized carbons (Fsp3) is 0.986. The lowest BCUT2D eigenvalue weighted by molar-refractivity contribution is -0.359. The second kappa shape index (κ2) is 55.1. The number of nitrogens with one attached hydrogen (secondary N) is 1. The van der Waals surface area contributed by atoms with Gasteiger partial charge in [-0.15, -0.1) is 0 Å². The summed E-state index contributed by atoms with van der Waals surface area (Å²) in [6.07, 6.45) is 48.7. The average Bonchev–Trinajstić information content (AvgIpc) is 3.47. The quantitative estimate of drug-likeness (QED) is 0.0259. The predicted molar refractivity (Wildman–Crippen MR) is 337 cm³/mol. The van der Waals surface area contributed by atoms with Crippen LogP contribution in [-0.2, 0) is 23.7 Å². The zero-order chi connectivity index (χ0) is 60.2. The second-order valence-electron chi connectivity index (χ2n) is 25.7. The van der Waals surface area contributed by atoms with E-state index in [1.165, 1.54) is 263 Å². The highest BCUT2D eigenvalue weighted by molar-refractivity contribution is 5.76. The minimum atomic E-state index is -1.78. The third-order valence-corrected chi connectivity index (χ3v) is 18.1. The van der Waals surface area contributed by atoms with Crippen molar-refractivity contribution in [3.8, 4) is 0 Å². The molecule has 0 bridgehead atoms. The van der Waals surface area contributed by atoms with E-state index in [1.54, 1.807) is 0 Å². The van der Waals surface area contributed by atoms with Crippen molar-refractivity contribution in [3.05, 3.63) is 0 Å². The first-order valence-corrected chi connectivity index (χ1v) is 35.8. The molecule has 0 radical (unpaired) electrons. The average molecular weight is 1190 g/mol. The Morgan fingerprint density at radius 1 is 0.386 bits per heavy atom. The first-order chi connectivity index (χ1) is 40.6. The van der Waals surface area contributed by atoms with Crippen molar-refractivity contribution in [1.29, 1.82) is 0 Å². The third-order valence-electron chi connectivity index (χ3n) is 18.1. The van der Waals surface area contributed by atoms with Crippen LogP contribution in [0.25, 0.3) is 0 Å². The SMILES string of the molecule is CCCCCCCCCCCCCCCCCCCCCCCCCCCCCCCCCCCCCCC(=O)N[C@@H](CO[C@@H]1O[C@H](CO)[C@@H](O[C@@H]2O[C@H](CO)[C@H](O)C(O)C2O)C(O)C1O)[C@H](O)CCCCCCCCCCCCCCC. The van der Waals surface area contributed by atoms with Crippen molar-refractivity contribution >= 4 is 5.91 Å². The minimum absolute atomic E-state index is 0.199. The molecule has 12 atom stereocenters. The van der Waals surface area contributed by atoms with Crippen LogP contribution in [0.1, 0.15) is 341 Å². The van der Waals surface area contributed by atoms with Crippen LogP contribution in [0.2, 0.25) is 0 Å². The van der Waals surface area contributed by atoms with Crippen molar-refractivity contribution in [2.45, 2.75) is 415 Å². The highest BCUT2D eigenvalue weighted by Gasteiger charge is 2.51. The fourth-order valence-corrected chi connectivity index (χ4v) is 12.4. The first-order valence-electron chi connectivity index (χ1n) is 35.8. The summed E-state index contributed by atoms with van der Waals surface area (Å²) in [5.41, 5.74) is 0. The molecule has 2 rings (SSSR count). The summed E-state index contributed by atoms with van der Waals surface area (Å²) < 4.78 is 22.9. The number of amides is 1. The number of aliphatic hydroxyl groups is 8. The molecule has 0 aliphatic carbocycles. The highest BCUT2D eigenvalue weighted by Crippen LogP contribution is 2.30. The molecule has 2 fully saturated rings. The van der Waals surface area contributed by atoms with Gasteiger partial charge in [-0.2, -0.15) is 0 Å². The zero-order valence-corrected chi connectivity index (χ0v) is 53.7. The maximum Gasteiger partial charge on any atom is 0.220 e. The number of hydrogen-bond donors (Lipinski definition) is 9. The van der Waals surface area contributed by atoms with Gasteiger partial charge in [0.2, 0.25) is 5.91 Å². The van der Waals surface area contributed by atoms with Crippen LogP contribution in [-0.4, -0.2) is 140 Å². The molecule has 0 aromatic carbocycles. The molecule has 14 heteroatoms. The third kappa shape index (κ3) is 39.6. The number of carbonyl (C=O) groups excluding carboxylic acids is 1. The maximum absolute atomic E-state index is 13.3. The van der Waals surface area contributed by atoms with Gasteiger partial charge in [0.25, 0.3) is 0 Å². The van der Waals surface area contributed by atoms with Gasteiger partial charge in [0.1, 0.15) is 48.8 Å². The summed E-state index contributed by atoms with van der Waals surface area (Å²) >= 11 is 0. The Labute approximate surface area is 508 Å². The molecule has 2 aliphatic rings. The monoisotopic (exact) mass is 1190 g/mol. The van der Waals surface area contributed by atoms with Crippen molar-refractivity contribution in [1.82, 2.24) is 5.32 Å². The predicted octanol–water partition coefficient (Wildman–Crippen LogP) is 14.4. The Bertz CT molecular complexity index is 1400. The lowest BCUT2D eigenvalue weighted by Gasteiger charge is -2.46. The molecule has 0 aromatic heterocycles. The fourth-order valence-electron chi connectivity index (χ4n) is 12.4. The standard InChI is InChI=1S/C69H135NO13/c1-3-5-7-9-11-13-15-17-18-19-20-21-22-23-24-25-26-27-28-29-30-31-32-33-34-35-36-37-38-39-41-43-45-47-49-51-53-61(74)70-57(58(73)52-50-48-46-44-42-40-16-14-12-10-8-6-4-2)56-80-68-66(79)64(77)67(60(55-72)82-68)83-69-65(78)63(76)62(75)59(54-71)81-69/h57-60,62-69,71-73,75-79H,3-56H2,1-2H3,(H,70,74)/t57-,58+,59+,60+,62-,63?,64?,65?,66?,67+,68+,69-/m0/s1. The summed E-state index contributed by atoms with van der Waals surface area (Å²) in [6.45, 7) is 2.91. The van der Waals surface area contributed by atoms with E-state index in [0.717, 1.165) is 51.4 Å². The van der Waals surface area contributed by atoms with E-state index in [-0.39, 0.29) is 12.5 Å². The molecule has 2 aliphatic heterocycles. The van der Waals surface area contributed by atoms with E-state index < -0.39 is 86.8 Å². The van der Waals surface area contributed by atoms with Gasteiger partial charge in [0.15, 0.2) is 12.6 Å². The van der Waals surface area contributed by atoms with Crippen LogP contribution in [0.5, 0.6) is 0 Å². The van der Waals surface area contributed by atoms with Crippen molar-refractivity contribution < 1.29 is 64.6 Å². The van der Waals surface area contributed by atoms with Crippen molar-refractivity contribution in [3.63, 3.8) is 0 Å². The number of aliphatic hydroxyl groups excluding tert-OH is 8. The van der Waals surface area contributed by atoms with E-state index in [9.17, 15) is 45.6 Å². The lowest BCUT2D eigenvalue weighted by atomic mass is 9.97. The van der Waals surface area contributed by atoms with Crippen LogP contribution in [0.4, 0.5) is 0 Å². The van der Waals surface area contributed by atoms with Gasteiger partial charge >= 0.3 is 0 Å². The Hall–Kier alpha value is -1.01. The molecule has 9 N–H and O–H groups in total. The van der Waals surface area contributed by atoms with Gasteiger partial charge in [-0.05, 0) is 12.8 Å². The van der Waals surface area contributed by atoms with E-state index >= 15 is 0 Å². The number of carbonyl (C=O) groups is 1. The smallest absolute Gasteiger partial charge is 0.220 e. The van der Waals surface area contributed by atoms with Crippen molar-refractivity contribution in [2.75, 3.05) is 19.8 Å². The van der Waals surface area contributed by atoms with E-state index in [4.69, 9.17) is 18.9 Å². The Morgan fingerprint density at radius 3 is 1.02 bits per heavy atom. The maximum atomic E-state index is 13.3. The minimum Gasteiger partial charge on any atom is -0.394 e. The molecule has 0 spiro atoms. The van der Waals surface area contributed by atoms with E-state index in [2.05, 4.69) is 19.2 Å². The Balaban J connectivity index is 1.55. The molecular weight excluding hydrogens is 1050 g/mol. The van der Waals surface area contributed by atoms with Crippen LogP contribution in [0.3, 0.4) is 0 Å². The molecular formula is C69H135NO13. The second-order valence-corrected chi connectivity index (χ2v) is 25.7. The number of ether oxygens (including phenoxy) is 4. The van der Waals surface area contributed by atoms with E-state index in [0.29, 0.717) is 12.8 Å². The Kier molecular flexibility index (Phi) is 51.8. The highest BCUT2D eigenvalue weighted by atomic mass is 16.7. The molecule has 14 nitrogen and oxygen atoms in total. The summed E-state index contributed by atoms with van der Waals surface area (Å²) in [5, 5.41) is 87.4. The van der Waals surface area contributed by atoms with Gasteiger partial charge in [-0.25, -0.2) is 0 Å². The van der Waals surface area contributed by atoms with Gasteiger partial charge in [0, 0.05) is 6.42 Å². The molecule has 4 unspecified atom stereocenters. The van der Waals surface area contributed by atoms with Crippen LogP contribution < -0.4 is 5.32 Å². The molecule has 494 valence electrons. The number of rotatable bonds is 60. The first kappa shape index (κ1) is 78.1. The molecule has 2 saturated heterocycles. The lowest BCUT2D eigenvalue weighted by Crippen LogP contribution is -2.65. The summed E-state index contributed by atoms with van der Waals surface area (Å²) in [6, 6.07) is -0.823. The largest absolute Gasteiger partial charge is 0.394 e. The van der Waals surface area contributed by atoms with Crippen LogP contribution in [0.15, 0.2) is 0 Å². The molecule has 0 aromatic rings. The topological polar surface area (TPSA) is 228 Å². The normalized spacial score (nSPS) is 23.7. The summed E-state index contributed by atoms with van der Waals surface area (Å²) in [4.78, 5) is 13.3. The molecule has 83 heavy (non-hydrogen) atoms. The van der Waals surface area contributed by atoms with E-state index in [1.807, 2.05) is 0 Å². The van der Waals surface area contributed by atoms with Gasteiger partial charge < -0.3 is 65.1 Å². The van der Waals surface area contributed by atoms with Gasteiger partial charge in [-0.1, -0.05) is 322 Å². The zero-order valence-electron chi connectivity index (χ0n) is 53.7. The van der Waals surface area contributed by atoms with Crippen LogP contribution in [0, 0.1) is 0 Å². The molecule has 1 amide bonds. The summed E-state index contributed by atoms with van der Waals surface area (Å²) in [7, 11) is 0. The van der Waals surface area contributed by atoms with Crippen LogP contribution >= 0.6 is 0 Å². The molecule has 2 heterocycles.